The van der Waals surface area contributed by atoms with Crippen LogP contribution in [0.2, 0.25) is 0 Å². The lowest BCUT2D eigenvalue weighted by Gasteiger charge is -2.21. The molecule has 0 radical (unpaired) electrons. The molecular weight excluding hydrogens is 204 g/mol. The molecule has 0 bridgehead atoms. The SMILES string of the molecule is CC[C@H](N)C(=O)N(C)Cc1ccccc1O. The van der Waals surface area contributed by atoms with Gasteiger partial charge in [0.2, 0.25) is 5.91 Å². The maximum Gasteiger partial charge on any atom is 0.239 e. The van der Waals surface area contributed by atoms with E-state index in [4.69, 9.17) is 5.73 Å². The number of para-hydroxylation sites is 1. The Morgan fingerprint density at radius 2 is 2.12 bits per heavy atom. The van der Waals surface area contributed by atoms with E-state index in [1.165, 1.54) is 4.90 Å². The van der Waals surface area contributed by atoms with Crippen molar-refractivity contribution >= 4 is 5.91 Å². The molecule has 0 spiro atoms. The van der Waals surface area contributed by atoms with E-state index in [2.05, 4.69) is 0 Å². The van der Waals surface area contributed by atoms with Crippen LogP contribution in [-0.4, -0.2) is 29.0 Å². The maximum absolute atomic E-state index is 11.7. The Balaban J connectivity index is 2.68. The molecule has 0 heterocycles. The van der Waals surface area contributed by atoms with Gasteiger partial charge in [0, 0.05) is 19.2 Å². The summed E-state index contributed by atoms with van der Waals surface area (Å²) in [6.45, 7) is 2.25. The molecule has 4 heteroatoms. The zero-order valence-corrected chi connectivity index (χ0v) is 9.68. The van der Waals surface area contributed by atoms with Gasteiger partial charge in [0.05, 0.1) is 6.04 Å². The summed E-state index contributed by atoms with van der Waals surface area (Å²) in [6.07, 6.45) is 0.615. The van der Waals surface area contributed by atoms with Crippen molar-refractivity contribution in [3.05, 3.63) is 29.8 Å². The Morgan fingerprint density at radius 3 is 2.69 bits per heavy atom. The minimum Gasteiger partial charge on any atom is -0.508 e. The number of nitrogens with two attached hydrogens (primary N) is 1. The molecule has 0 aliphatic rings. The summed E-state index contributed by atoms with van der Waals surface area (Å²) in [5, 5.41) is 9.57. The molecule has 1 aromatic carbocycles. The van der Waals surface area contributed by atoms with Crippen LogP contribution in [0.1, 0.15) is 18.9 Å². The number of amides is 1. The largest absolute Gasteiger partial charge is 0.508 e. The molecule has 0 saturated carbocycles. The third-order valence-electron chi connectivity index (χ3n) is 2.53. The van der Waals surface area contributed by atoms with Crippen molar-refractivity contribution in [2.24, 2.45) is 5.73 Å². The van der Waals surface area contributed by atoms with Crippen LogP contribution in [0.4, 0.5) is 0 Å². The van der Waals surface area contributed by atoms with Gasteiger partial charge in [0.1, 0.15) is 5.75 Å². The van der Waals surface area contributed by atoms with Crippen molar-refractivity contribution in [3.63, 3.8) is 0 Å². The Hall–Kier alpha value is -1.55. The molecule has 1 aromatic rings. The van der Waals surface area contributed by atoms with Gasteiger partial charge < -0.3 is 15.7 Å². The van der Waals surface area contributed by atoms with E-state index in [0.29, 0.717) is 13.0 Å². The van der Waals surface area contributed by atoms with Crippen molar-refractivity contribution in [1.29, 1.82) is 0 Å². The summed E-state index contributed by atoms with van der Waals surface area (Å²) in [5.74, 6) is 0.0953. The number of hydrogen-bond acceptors (Lipinski definition) is 3. The minimum atomic E-state index is -0.462. The highest BCUT2D eigenvalue weighted by Gasteiger charge is 2.16. The summed E-state index contributed by atoms with van der Waals surface area (Å²) in [5.41, 5.74) is 6.38. The molecular formula is C12H18N2O2. The van der Waals surface area contributed by atoms with Gasteiger partial charge >= 0.3 is 0 Å². The summed E-state index contributed by atoms with van der Waals surface area (Å²) < 4.78 is 0. The fourth-order valence-corrected chi connectivity index (χ4v) is 1.44. The molecule has 0 fully saturated rings. The van der Waals surface area contributed by atoms with E-state index >= 15 is 0 Å². The number of rotatable bonds is 4. The molecule has 1 amide bonds. The van der Waals surface area contributed by atoms with Crippen molar-refractivity contribution < 1.29 is 9.90 Å². The normalized spacial score (nSPS) is 12.2. The quantitative estimate of drug-likeness (QED) is 0.801. The zero-order chi connectivity index (χ0) is 12.1. The summed E-state index contributed by atoms with van der Waals surface area (Å²) in [7, 11) is 1.68. The lowest BCUT2D eigenvalue weighted by Crippen LogP contribution is -2.40. The van der Waals surface area contributed by atoms with Crippen LogP contribution in [0.3, 0.4) is 0 Å². The van der Waals surface area contributed by atoms with Crippen LogP contribution in [-0.2, 0) is 11.3 Å². The Labute approximate surface area is 95.7 Å². The van der Waals surface area contributed by atoms with Crippen molar-refractivity contribution in [3.8, 4) is 5.75 Å². The number of phenolic OH excluding ortho intramolecular Hbond substituents is 1. The van der Waals surface area contributed by atoms with Crippen molar-refractivity contribution in [1.82, 2.24) is 4.90 Å². The fraction of sp³-hybridized carbons (Fsp3) is 0.417. The summed E-state index contributed by atoms with van der Waals surface area (Å²) in [6, 6.07) is 6.51. The Bertz CT molecular complexity index is 366. The fourth-order valence-electron chi connectivity index (χ4n) is 1.44. The van der Waals surface area contributed by atoms with Gasteiger partial charge in [-0.25, -0.2) is 0 Å². The highest BCUT2D eigenvalue weighted by molar-refractivity contribution is 5.81. The van der Waals surface area contributed by atoms with Gasteiger partial charge in [0.25, 0.3) is 0 Å². The number of hydrogen-bond donors (Lipinski definition) is 2. The van der Waals surface area contributed by atoms with E-state index in [1.807, 2.05) is 13.0 Å². The Morgan fingerprint density at radius 1 is 1.50 bits per heavy atom. The third kappa shape index (κ3) is 2.97. The van der Waals surface area contributed by atoms with Crippen molar-refractivity contribution in [2.75, 3.05) is 7.05 Å². The van der Waals surface area contributed by atoms with Gasteiger partial charge in [-0.2, -0.15) is 0 Å². The van der Waals surface area contributed by atoms with Crippen LogP contribution < -0.4 is 5.73 Å². The number of benzene rings is 1. The van der Waals surface area contributed by atoms with Crippen LogP contribution in [0, 0.1) is 0 Å². The lowest BCUT2D eigenvalue weighted by molar-refractivity contribution is -0.131. The average molecular weight is 222 g/mol. The molecule has 0 unspecified atom stereocenters. The van der Waals surface area contributed by atoms with Gasteiger partial charge in [-0.15, -0.1) is 0 Å². The number of phenols is 1. The maximum atomic E-state index is 11.7. The molecule has 0 aliphatic carbocycles. The third-order valence-corrected chi connectivity index (χ3v) is 2.53. The lowest BCUT2D eigenvalue weighted by atomic mass is 10.1. The predicted molar refractivity (Wildman–Crippen MR) is 62.8 cm³/mol. The number of nitrogens with zero attached hydrogens (tertiary/aromatic N) is 1. The summed E-state index contributed by atoms with van der Waals surface area (Å²) >= 11 is 0. The molecule has 4 nitrogen and oxygen atoms in total. The van der Waals surface area contributed by atoms with E-state index in [9.17, 15) is 9.90 Å². The van der Waals surface area contributed by atoms with Crippen LogP contribution >= 0.6 is 0 Å². The molecule has 16 heavy (non-hydrogen) atoms. The van der Waals surface area contributed by atoms with E-state index in [0.717, 1.165) is 5.56 Å². The van der Waals surface area contributed by atoms with E-state index in [1.54, 1.807) is 25.2 Å². The summed E-state index contributed by atoms with van der Waals surface area (Å²) in [4.78, 5) is 13.2. The monoisotopic (exact) mass is 222 g/mol. The molecule has 3 N–H and O–H groups in total. The van der Waals surface area contributed by atoms with Gasteiger partial charge in [-0.3, -0.25) is 4.79 Å². The molecule has 1 rings (SSSR count). The molecule has 1 atom stereocenters. The zero-order valence-electron chi connectivity index (χ0n) is 9.68. The van der Waals surface area contributed by atoms with Gasteiger partial charge in [0.15, 0.2) is 0 Å². The van der Waals surface area contributed by atoms with Gasteiger partial charge in [-0.05, 0) is 12.5 Å². The first-order chi connectivity index (χ1) is 7.56. The van der Waals surface area contributed by atoms with Crippen LogP contribution in [0.25, 0.3) is 0 Å². The minimum absolute atomic E-state index is 0.106. The second kappa shape index (κ2) is 5.51. The van der Waals surface area contributed by atoms with E-state index < -0.39 is 6.04 Å². The topological polar surface area (TPSA) is 66.6 Å². The van der Waals surface area contributed by atoms with E-state index in [-0.39, 0.29) is 11.7 Å². The Kier molecular flexibility index (Phi) is 4.31. The number of likely N-dealkylation sites (N-methyl/N-ethyl adjacent to an activating group) is 1. The second-order valence-electron chi connectivity index (χ2n) is 3.84. The van der Waals surface area contributed by atoms with Crippen LogP contribution in [0.15, 0.2) is 24.3 Å². The predicted octanol–water partition coefficient (Wildman–Crippen LogP) is 1.09. The van der Waals surface area contributed by atoms with Crippen LogP contribution in [0.5, 0.6) is 5.75 Å². The number of carbonyl (C=O) groups excluding carboxylic acids is 1. The smallest absolute Gasteiger partial charge is 0.239 e. The highest BCUT2D eigenvalue weighted by atomic mass is 16.3. The first-order valence-electron chi connectivity index (χ1n) is 5.33. The molecule has 88 valence electrons. The molecule has 0 aromatic heterocycles. The van der Waals surface area contributed by atoms with Gasteiger partial charge in [-0.1, -0.05) is 25.1 Å². The average Bonchev–Trinajstić information content (AvgIpc) is 2.30. The second-order valence-corrected chi connectivity index (χ2v) is 3.84. The highest BCUT2D eigenvalue weighted by Crippen LogP contribution is 2.17. The number of aromatic hydroxyl groups is 1. The van der Waals surface area contributed by atoms with Crippen molar-refractivity contribution in [2.45, 2.75) is 25.9 Å². The molecule has 0 aliphatic heterocycles. The standard InChI is InChI=1S/C12H18N2O2/c1-3-10(13)12(16)14(2)8-9-6-4-5-7-11(9)15/h4-7,10,15H,3,8,13H2,1-2H3/t10-/m0/s1. The molecule has 0 saturated heterocycles. The number of carbonyl (C=O) groups is 1. The first kappa shape index (κ1) is 12.5. The first-order valence-corrected chi connectivity index (χ1v) is 5.33.